The van der Waals surface area contributed by atoms with Crippen LogP contribution in [0.25, 0.3) is 0 Å². The third-order valence-corrected chi connectivity index (χ3v) is 7.02. The van der Waals surface area contributed by atoms with Crippen molar-refractivity contribution in [3.8, 4) is 5.75 Å². The highest BCUT2D eigenvalue weighted by Gasteiger charge is 2.41. The van der Waals surface area contributed by atoms with Gasteiger partial charge in [0.2, 0.25) is 0 Å². The largest absolute Gasteiger partial charge is 0.468 e. The first-order chi connectivity index (χ1) is 19.0. The van der Waals surface area contributed by atoms with E-state index in [0.29, 0.717) is 50.5 Å². The Morgan fingerprint density at radius 2 is 2.05 bits per heavy atom. The topological polar surface area (TPSA) is 110 Å². The van der Waals surface area contributed by atoms with Gasteiger partial charge in [0.05, 0.1) is 13.7 Å². The molecular weight excluding hydrogens is 507 g/mol. The van der Waals surface area contributed by atoms with Gasteiger partial charge in [-0.25, -0.2) is 9.18 Å². The standard InChI is InChI=1S/C29H39FN2O7/c1-36-29(35)27(22-18-21(30)11-12-24(22)39-25-10-2-4-17-38-25)32-19-20-8-6-9-23(26(20)28(32)34)31-13-3-5-15-37-16-7-14-33/h6,8-9,11-12,18,25,27-28,31,33-34H,2-5,7,10,13-17,19H2,1H3. The highest BCUT2D eigenvalue weighted by atomic mass is 19.1. The summed E-state index contributed by atoms with van der Waals surface area (Å²) >= 11 is 0. The highest BCUT2D eigenvalue weighted by Crippen LogP contribution is 2.44. The van der Waals surface area contributed by atoms with Crippen molar-refractivity contribution in [1.82, 2.24) is 4.90 Å². The van der Waals surface area contributed by atoms with Crippen molar-refractivity contribution in [1.29, 1.82) is 0 Å². The number of halogens is 1. The zero-order valence-corrected chi connectivity index (χ0v) is 22.4. The lowest BCUT2D eigenvalue weighted by molar-refractivity contribution is -0.153. The second-order valence-corrected chi connectivity index (χ2v) is 9.77. The average Bonchev–Trinajstić information content (AvgIpc) is 3.28. The zero-order chi connectivity index (χ0) is 27.6. The fourth-order valence-corrected chi connectivity index (χ4v) is 5.05. The van der Waals surface area contributed by atoms with Crippen LogP contribution in [0.2, 0.25) is 0 Å². The summed E-state index contributed by atoms with van der Waals surface area (Å²) in [5, 5.41) is 23.7. The van der Waals surface area contributed by atoms with Gasteiger partial charge in [-0.1, -0.05) is 12.1 Å². The van der Waals surface area contributed by atoms with Crippen molar-refractivity contribution in [2.45, 2.75) is 63.6 Å². The number of aliphatic hydroxyl groups excluding tert-OH is 2. The average molecular weight is 547 g/mol. The van der Waals surface area contributed by atoms with E-state index in [1.165, 1.54) is 25.3 Å². The first-order valence-corrected chi connectivity index (χ1v) is 13.7. The number of fused-ring (bicyclic) bond motifs is 1. The summed E-state index contributed by atoms with van der Waals surface area (Å²) in [6.45, 7) is 2.81. The van der Waals surface area contributed by atoms with Crippen molar-refractivity contribution in [3.63, 3.8) is 0 Å². The van der Waals surface area contributed by atoms with E-state index in [-0.39, 0.29) is 18.7 Å². The van der Waals surface area contributed by atoms with Crippen LogP contribution < -0.4 is 10.1 Å². The minimum Gasteiger partial charge on any atom is -0.468 e. The minimum atomic E-state index is -1.13. The van der Waals surface area contributed by atoms with Crippen LogP contribution >= 0.6 is 0 Å². The molecule has 1 saturated heterocycles. The van der Waals surface area contributed by atoms with Gasteiger partial charge in [0, 0.05) is 56.1 Å². The van der Waals surface area contributed by atoms with Crippen molar-refractivity contribution in [3.05, 3.63) is 58.9 Å². The van der Waals surface area contributed by atoms with Gasteiger partial charge in [0.25, 0.3) is 0 Å². The number of esters is 1. The zero-order valence-electron chi connectivity index (χ0n) is 22.4. The van der Waals surface area contributed by atoms with Crippen molar-refractivity contribution in [2.24, 2.45) is 0 Å². The van der Waals surface area contributed by atoms with E-state index in [1.54, 1.807) is 4.90 Å². The van der Waals surface area contributed by atoms with E-state index in [2.05, 4.69) is 5.32 Å². The number of carbonyl (C=O) groups excluding carboxylic acids is 1. The number of anilines is 1. The van der Waals surface area contributed by atoms with Crippen LogP contribution in [0.4, 0.5) is 10.1 Å². The highest BCUT2D eigenvalue weighted by molar-refractivity contribution is 5.79. The number of unbranched alkanes of at least 4 members (excludes halogenated alkanes) is 1. The molecule has 4 rings (SSSR count). The number of nitrogens with one attached hydrogen (secondary N) is 1. The summed E-state index contributed by atoms with van der Waals surface area (Å²) < 4.78 is 36.9. The summed E-state index contributed by atoms with van der Waals surface area (Å²) in [6.07, 6.45) is 3.34. The maximum Gasteiger partial charge on any atom is 0.327 e. The fourth-order valence-electron chi connectivity index (χ4n) is 5.05. The monoisotopic (exact) mass is 546 g/mol. The van der Waals surface area contributed by atoms with Crippen LogP contribution in [-0.4, -0.2) is 67.5 Å². The summed E-state index contributed by atoms with van der Waals surface area (Å²) in [6, 6.07) is 8.64. The van der Waals surface area contributed by atoms with Crippen LogP contribution in [-0.2, 0) is 25.5 Å². The summed E-state index contributed by atoms with van der Waals surface area (Å²) in [7, 11) is 1.27. The molecule has 0 aliphatic carbocycles. The Morgan fingerprint density at radius 1 is 1.21 bits per heavy atom. The van der Waals surface area contributed by atoms with Crippen molar-refractivity contribution >= 4 is 11.7 Å². The van der Waals surface area contributed by atoms with Crippen LogP contribution in [0.15, 0.2) is 36.4 Å². The molecule has 2 aromatic rings. The number of hydrogen-bond acceptors (Lipinski definition) is 9. The Hall–Kier alpha value is -2.76. The molecule has 0 spiro atoms. The quantitative estimate of drug-likeness (QED) is 0.239. The summed E-state index contributed by atoms with van der Waals surface area (Å²) in [5.41, 5.74) is 2.60. The molecule has 1 fully saturated rings. The Labute approximate surface area is 228 Å². The molecule has 0 amide bonds. The van der Waals surface area contributed by atoms with Gasteiger partial charge in [-0.15, -0.1) is 0 Å². The SMILES string of the molecule is COC(=O)C(c1cc(F)ccc1OC1CCCCO1)N1Cc2cccc(NCCCCOCCCO)c2C1O. The minimum absolute atomic E-state index is 0.124. The number of hydrogen-bond donors (Lipinski definition) is 3. The predicted octanol–water partition coefficient (Wildman–Crippen LogP) is 4.04. The molecule has 214 valence electrons. The predicted molar refractivity (Wildman–Crippen MR) is 143 cm³/mol. The van der Waals surface area contributed by atoms with E-state index >= 15 is 0 Å². The number of rotatable bonds is 14. The van der Waals surface area contributed by atoms with Crippen molar-refractivity contribution < 1.29 is 38.3 Å². The fraction of sp³-hybridized carbons (Fsp3) is 0.552. The van der Waals surface area contributed by atoms with E-state index in [4.69, 9.17) is 24.1 Å². The molecule has 3 atom stereocenters. The number of methoxy groups -OCH3 is 1. The van der Waals surface area contributed by atoms with Gasteiger partial charge in [-0.3, -0.25) is 4.90 Å². The second-order valence-electron chi connectivity index (χ2n) is 9.77. The number of ether oxygens (including phenoxy) is 4. The van der Waals surface area contributed by atoms with Crippen molar-refractivity contribution in [2.75, 3.05) is 45.4 Å². The van der Waals surface area contributed by atoms with E-state index in [0.717, 1.165) is 36.9 Å². The Balaban J connectivity index is 1.50. The molecule has 10 heteroatoms. The Kier molecular flexibility index (Phi) is 10.9. The molecule has 3 unspecified atom stereocenters. The summed E-state index contributed by atoms with van der Waals surface area (Å²) in [5.74, 6) is -0.830. The lowest BCUT2D eigenvalue weighted by Gasteiger charge is -2.31. The molecule has 0 aromatic heterocycles. The first kappa shape index (κ1) is 29.2. The third-order valence-electron chi connectivity index (χ3n) is 7.02. The van der Waals surface area contributed by atoms with Gasteiger partial charge >= 0.3 is 5.97 Å². The molecular formula is C29H39FN2O7. The van der Waals surface area contributed by atoms with Crippen LogP contribution in [0, 0.1) is 5.82 Å². The van der Waals surface area contributed by atoms with Gasteiger partial charge < -0.3 is 34.5 Å². The molecule has 39 heavy (non-hydrogen) atoms. The van der Waals surface area contributed by atoms with E-state index in [1.807, 2.05) is 18.2 Å². The maximum atomic E-state index is 14.5. The molecule has 0 bridgehead atoms. The molecule has 2 aromatic carbocycles. The van der Waals surface area contributed by atoms with Crippen LogP contribution in [0.5, 0.6) is 5.75 Å². The van der Waals surface area contributed by atoms with Gasteiger partial charge in [0.1, 0.15) is 23.8 Å². The number of nitrogens with zero attached hydrogens (tertiary/aromatic N) is 1. The first-order valence-electron chi connectivity index (χ1n) is 13.7. The smallest absolute Gasteiger partial charge is 0.327 e. The lowest BCUT2D eigenvalue weighted by atomic mass is 10.0. The molecule has 2 heterocycles. The molecule has 0 saturated carbocycles. The molecule has 2 aliphatic heterocycles. The Morgan fingerprint density at radius 3 is 2.82 bits per heavy atom. The van der Waals surface area contributed by atoms with Gasteiger partial charge in [-0.2, -0.15) is 0 Å². The van der Waals surface area contributed by atoms with Gasteiger partial charge in [0.15, 0.2) is 6.29 Å². The lowest BCUT2D eigenvalue weighted by Crippen LogP contribution is -2.35. The number of aliphatic hydroxyl groups is 2. The molecule has 3 N–H and O–H groups in total. The second kappa shape index (κ2) is 14.6. The normalized spacial score (nSPS) is 19.9. The van der Waals surface area contributed by atoms with E-state index in [9.17, 15) is 14.3 Å². The van der Waals surface area contributed by atoms with Gasteiger partial charge in [-0.05, 0) is 61.9 Å². The molecule has 2 aliphatic rings. The Bertz CT molecular complexity index is 1080. The maximum absolute atomic E-state index is 14.5. The van der Waals surface area contributed by atoms with E-state index < -0.39 is 30.3 Å². The third kappa shape index (κ3) is 7.46. The summed E-state index contributed by atoms with van der Waals surface area (Å²) in [4.78, 5) is 14.7. The number of carbonyl (C=O) groups is 1. The van der Waals surface area contributed by atoms with Crippen LogP contribution in [0.1, 0.15) is 67.5 Å². The molecule has 0 radical (unpaired) electrons. The number of benzene rings is 2. The van der Waals surface area contributed by atoms with Crippen LogP contribution in [0.3, 0.4) is 0 Å². The molecule has 9 nitrogen and oxygen atoms in total.